The molecule has 2 heterocycles. The van der Waals surface area contributed by atoms with Crippen molar-refractivity contribution in [1.29, 1.82) is 0 Å². The Kier molecular flexibility index (Phi) is 5.72. The molecule has 0 saturated heterocycles. The average Bonchev–Trinajstić information content (AvgIpc) is 3.06. The van der Waals surface area contributed by atoms with E-state index in [1.54, 1.807) is 18.3 Å². The van der Waals surface area contributed by atoms with Crippen molar-refractivity contribution in [2.45, 2.75) is 19.9 Å². The summed E-state index contributed by atoms with van der Waals surface area (Å²) in [4.78, 5) is 29.9. The molecule has 0 spiro atoms. The summed E-state index contributed by atoms with van der Waals surface area (Å²) in [5, 5.41) is 1.99. The second kappa shape index (κ2) is 7.53. The van der Waals surface area contributed by atoms with Gasteiger partial charge in [-0.25, -0.2) is 0 Å². The van der Waals surface area contributed by atoms with Gasteiger partial charge in [-0.1, -0.05) is 17.4 Å². The number of nitrogens with zero attached hydrogens (tertiary/aromatic N) is 1. The van der Waals surface area contributed by atoms with E-state index in [0.717, 1.165) is 15.4 Å². The van der Waals surface area contributed by atoms with E-state index in [-0.39, 0.29) is 10.8 Å². The van der Waals surface area contributed by atoms with Crippen molar-refractivity contribution in [3.63, 3.8) is 0 Å². The van der Waals surface area contributed by atoms with E-state index in [2.05, 4.69) is 4.98 Å². The molecule has 0 amide bonds. The molecule has 0 aliphatic heterocycles. The van der Waals surface area contributed by atoms with E-state index in [0.29, 0.717) is 26.1 Å². The molecule has 2 rings (SSSR count). The molecule has 5 nitrogen and oxygen atoms in total. The molecule has 0 unspecified atom stereocenters. The molecular weight excluding hydrogens is 308 g/mol. The molecule has 0 aromatic carbocycles. The Hall–Kier alpha value is -1.44. The number of rotatable bonds is 7. The van der Waals surface area contributed by atoms with Crippen LogP contribution < -0.4 is 4.87 Å². The van der Waals surface area contributed by atoms with Crippen LogP contribution in [-0.4, -0.2) is 36.1 Å². The van der Waals surface area contributed by atoms with Gasteiger partial charge >= 0.3 is 10.8 Å². The summed E-state index contributed by atoms with van der Waals surface area (Å²) < 4.78 is 4.91. The van der Waals surface area contributed by atoms with Crippen molar-refractivity contribution < 1.29 is 9.53 Å². The monoisotopic (exact) mass is 326 g/mol. The number of carbonyl (C=O) groups is 1. The number of aromatic amines is 1. The van der Waals surface area contributed by atoms with Crippen molar-refractivity contribution in [3.8, 4) is 10.6 Å². The van der Waals surface area contributed by atoms with Crippen LogP contribution in [-0.2, 0) is 16.1 Å². The van der Waals surface area contributed by atoms with E-state index in [1.165, 1.54) is 11.3 Å². The molecule has 0 atom stereocenters. The highest BCUT2D eigenvalue weighted by atomic mass is 32.1. The molecule has 0 aliphatic carbocycles. The lowest BCUT2D eigenvalue weighted by atomic mass is 10.3. The number of aromatic nitrogens is 1. The Morgan fingerprint density at radius 1 is 1.48 bits per heavy atom. The van der Waals surface area contributed by atoms with Gasteiger partial charge in [0.25, 0.3) is 0 Å². The molecule has 114 valence electrons. The number of thiazole rings is 1. The van der Waals surface area contributed by atoms with Crippen LogP contribution >= 0.6 is 22.7 Å². The molecular formula is C14H18N2O3S2. The Morgan fingerprint density at radius 3 is 2.95 bits per heavy atom. The number of hydrogen-bond acceptors (Lipinski definition) is 6. The molecule has 0 bridgehead atoms. The third-order valence-corrected chi connectivity index (χ3v) is 4.66. The van der Waals surface area contributed by atoms with Gasteiger partial charge in [0.15, 0.2) is 0 Å². The molecule has 0 radical (unpaired) electrons. The molecule has 0 aliphatic rings. The second-order valence-corrected chi connectivity index (χ2v) is 6.60. The fourth-order valence-electron chi connectivity index (χ4n) is 1.93. The van der Waals surface area contributed by atoms with Crippen LogP contribution in [0.5, 0.6) is 0 Å². The summed E-state index contributed by atoms with van der Waals surface area (Å²) >= 11 is 2.82. The number of H-pyrrole nitrogens is 1. The molecule has 0 fully saturated rings. The Morgan fingerprint density at radius 2 is 2.29 bits per heavy atom. The zero-order valence-corrected chi connectivity index (χ0v) is 13.7. The minimum absolute atomic E-state index is 0.0489. The number of esters is 1. The van der Waals surface area contributed by atoms with Gasteiger partial charge in [-0.15, -0.1) is 11.3 Å². The third-order valence-electron chi connectivity index (χ3n) is 2.91. The van der Waals surface area contributed by atoms with Crippen LogP contribution in [0, 0.1) is 0 Å². The summed E-state index contributed by atoms with van der Waals surface area (Å²) in [5.74, 6) is -0.190. The number of hydrogen-bond donors (Lipinski definition) is 1. The first-order valence-corrected chi connectivity index (χ1v) is 8.39. The van der Waals surface area contributed by atoms with Gasteiger partial charge in [-0.3, -0.25) is 9.59 Å². The topological polar surface area (TPSA) is 62.4 Å². The van der Waals surface area contributed by atoms with Gasteiger partial charge in [0.2, 0.25) is 0 Å². The first-order chi connectivity index (χ1) is 10.1. The van der Waals surface area contributed by atoms with E-state index in [4.69, 9.17) is 4.74 Å². The lowest BCUT2D eigenvalue weighted by Gasteiger charge is -2.15. The highest BCUT2D eigenvalue weighted by Gasteiger charge is 2.14. The second-order valence-electron chi connectivity index (χ2n) is 4.58. The van der Waals surface area contributed by atoms with Gasteiger partial charge in [0, 0.05) is 18.0 Å². The van der Waals surface area contributed by atoms with Crippen LogP contribution in [0.2, 0.25) is 0 Å². The largest absolute Gasteiger partial charge is 0.466 e. The molecule has 2 aromatic heterocycles. The van der Waals surface area contributed by atoms with Gasteiger partial charge in [0.05, 0.1) is 23.6 Å². The van der Waals surface area contributed by atoms with Crippen molar-refractivity contribution in [1.82, 2.24) is 9.88 Å². The number of carbonyl (C=O) groups excluding carboxylic acids is 1. The van der Waals surface area contributed by atoms with Crippen LogP contribution in [0.4, 0.5) is 0 Å². The predicted octanol–water partition coefficient (Wildman–Crippen LogP) is 2.55. The van der Waals surface area contributed by atoms with Crippen molar-refractivity contribution in [2.75, 3.05) is 20.2 Å². The molecule has 1 N–H and O–H groups in total. The SMILES string of the molecule is CCOC(=O)CCN(C)Cc1sc(=O)[nH]c1-c1cccs1. The summed E-state index contributed by atoms with van der Waals surface area (Å²) in [6.07, 6.45) is 0.359. The van der Waals surface area contributed by atoms with Crippen LogP contribution in [0.15, 0.2) is 22.3 Å². The first kappa shape index (κ1) is 15.9. The summed E-state index contributed by atoms with van der Waals surface area (Å²) in [5.41, 5.74) is 0.892. The lowest BCUT2D eigenvalue weighted by molar-refractivity contribution is -0.143. The summed E-state index contributed by atoms with van der Waals surface area (Å²) in [6, 6.07) is 3.95. The maximum atomic E-state index is 11.6. The molecule has 0 saturated carbocycles. The number of ether oxygens (including phenoxy) is 1. The molecule has 7 heteroatoms. The standard InChI is InChI=1S/C14H18N2O3S2/c1-3-19-12(17)6-7-16(2)9-11-13(15-14(18)21-11)10-5-4-8-20-10/h4-5,8H,3,6-7,9H2,1-2H3,(H,15,18). The van der Waals surface area contributed by atoms with Crippen molar-refractivity contribution >= 4 is 28.6 Å². The number of thiophene rings is 1. The zero-order chi connectivity index (χ0) is 15.2. The van der Waals surface area contributed by atoms with Gasteiger partial charge in [-0.05, 0) is 25.4 Å². The summed E-state index contributed by atoms with van der Waals surface area (Å²) in [6.45, 7) is 3.45. The Bertz CT molecular complexity index is 631. The first-order valence-electron chi connectivity index (χ1n) is 6.70. The highest BCUT2D eigenvalue weighted by molar-refractivity contribution is 7.14. The van der Waals surface area contributed by atoms with Crippen molar-refractivity contribution in [3.05, 3.63) is 32.1 Å². The minimum atomic E-state index is -0.190. The zero-order valence-electron chi connectivity index (χ0n) is 12.0. The minimum Gasteiger partial charge on any atom is -0.466 e. The molecule has 21 heavy (non-hydrogen) atoms. The van der Waals surface area contributed by atoms with Gasteiger partial charge < -0.3 is 14.6 Å². The summed E-state index contributed by atoms with van der Waals surface area (Å²) in [7, 11) is 1.93. The smallest absolute Gasteiger partial charge is 0.307 e. The van der Waals surface area contributed by atoms with E-state index < -0.39 is 0 Å². The van der Waals surface area contributed by atoms with Crippen LogP contribution in [0.1, 0.15) is 18.2 Å². The van der Waals surface area contributed by atoms with E-state index in [9.17, 15) is 9.59 Å². The van der Waals surface area contributed by atoms with E-state index in [1.807, 2.05) is 29.5 Å². The lowest BCUT2D eigenvalue weighted by Crippen LogP contribution is -2.22. The third kappa shape index (κ3) is 4.52. The highest BCUT2D eigenvalue weighted by Crippen LogP contribution is 2.28. The van der Waals surface area contributed by atoms with Gasteiger partial charge in [0.1, 0.15) is 0 Å². The quantitative estimate of drug-likeness (QED) is 0.794. The fraction of sp³-hybridized carbons (Fsp3) is 0.429. The number of nitrogens with one attached hydrogen (secondary N) is 1. The maximum absolute atomic E-state index is 11.6. The predicted molar refractivity (Wildman–Crippen MR) is 85.8 cm³/mol. The maximum Gasteiger partial charge on any atom is 0.307 e. The van der Waals surface area contributed by atoms with Crippen LogP contribution in [0.25, 0.3) is 10.6 Å². The van der Waals surface area contributed by atoms with E-state index >= 15 is 0 Å². The fourth-order valence-corrected chi connectivity index (χ4v) is 3.67. The average molecular weight is 326 g/mol. The normalized spacial score (nSPS) is 11.0. The van der Waals surface area contributed by atoms with Crippen LogP contribution in [0.3, 0.4) is 0 Å². The Balaban J connectivity index is 2.00. The molecule has 2 aromatic rings. The van der Waals surface area contributed by atoms with Crippen molar-refractivity contribution in [2.24, 2.45) is 0 Å². The van der Waals surface area contributed by atoms with Gasteiger partial charge in [-0.2, -0.15) is 0 Å². The Labute approximate surface area is 131 Å².